The van der Waals surface area contributed by atoms with E-state index in [0.717, 1.165) is 5.82 Å². The summed E-state index contributed by atoms with van der Waals surface area (Å²) in [4.78, 5) is 13.5. The Bertz CT molecular complexity index is 561. The van der Waals surface area contributed by atoms with Crippen LogP contribution in [0.1, 0.15) is 59.3 Å². The predicted molar refractivity (Wildman–Crippen MR) is 104 cm³/mol. The average molecular weight is 435 g/mol. The van der Waals surface area contributed by atoms with Gasteiger partial charge in [-0.2, -0.15) is 0 Å². The Balaban J connectivity index is 2.37. The number of unbranched alkanes of at least 4 members (excludes halogenated alkanes) is 3. The molecule has 0 unspecified atom stereocenters. The number of imidazole rings is 1. The molecule has 132 valence electrons. The average Bonchev–Trinajstić information content (AvgIpc) is 3.16. The molecule has 0 saturated heterocycles. The van der Waals surface area contributed by atoms with E-state index < -0.39 is 18.4 Å². The second-order valence-corrected chi connectivity index (χ2v) is 19.9. The number of nitrogens with zero attached hydrogens (tertiary/aromatic N) is 4. The van der Waals surface area contributed by atoms with E-state index in [-0.39, 0.29) is 0 Å². The number of hydrogen-bond donors (Lipinski definition) is 0. The third-order valence-electron chi connectivity index (χ3n) is 4.99. The van der Waals surface area contributed by atoms with Crippen LogP contribution in [0.4, 0.5) is 0 Å². The molecule has 0 atom stereocenters. The second-order valence-electron chi connectivity index (χ2n) is 6.82. The van der Waals surface area contributed by atoms with Crippen LogP contribution in [0, 0.1) is 0 Å². The Kier molecular flexibility index (Phi) is 8.22. The zero-order valence-corrected chi connectivity index (χ0v) is 18.4. The zero-order chi connectivity index (χ0) is 17.3. The van der Waals surface area contributed by atoms with Crippen LogP contribution < -0.4 is 3.71 Å². The fourth-order valence-corrected chi connectivity index (χ4v) is 18.8. The fraction of sp³-hybridized carbons (Fsp3) is 0.632. The quantitative estimate of drug-likeness (QED) is 0.480. The van der Waals surface area contributed by atoms with Crippen LogP contribution in [-0.4, -0.2) is 37.9 Å². The summed E-state index contributed by atoms with van der Waals surface area (Å²) in [5, 5.41) is 0. The van der Waals surface area contributed by atoms with Crippen molar-refractivity contribution in [2.75, 3.05) is 0 Å². The minimum atomic E-state index is -2.46. The van der Waals surface area contributed by atoms with Crippen LogP contribution in [-0.2, 0) is 0 Å². The first-order valence-corrected chi connectivity index (χ1v) is 17.0. The first-order chi connectivity index (χ1) is 11.8. The summed E-state index contributed by atoms with van der Waals surface area (Å²) >= 11 is -2.46. The van der Waals surface area contributed by atoms with Crippen molar-refractivity contribution in [2.24, 2.45) is 0 Å². The third kappa shape index (κ3) is 5.04. The first kappa shape index (κ1) is 19.4. The Morgan fingerprint density at radius 1 is 0.917 bits per heavy atom. The van der Waals surface area contributed by atoms with Crippen molar-refractivity contribution >= 4 is 22.1 Å². The maximum absolute atomic E-state index is 4.83. The first-order valence-electron chi connectivity index (χ1n) is 9.56. The van der Waals surface area contributed by atoms with Crippen LogP contribution in [0.15, 0.2) is 31.1 Å². The summed E-state index contributed by atoms with van der Waals surface area (Å²) in [7, 11) is 0. The monoisotopic (exact) mass is 436 g/mol. The number of hydrogen-bond acceptors (Lipinski definition) is 3. The number of rotatable bonds is 11. The second kappa shape index (κ2) is 10.2. The SMILES string of the molecule is CCC[CH2][Sn]([CH2]CCC)([CH2]CCC)[c]1cc(-n2ccnc2)ncn1. The molecule has 0 aliphatic heterocycles. The van der Waals surface area contributed by atoms with Crippen molar-refractivity contribution < 1.29 is 0 Å². The normalized spacial score (nSPS) is 11.8. The molecule has 4 nitrogen and oxygen atoms in total. The van der Waals surface area contributed by atoms with Gasteiger partial charge in [-0.25, -0.2) is 0 Å². The number of aromatic nitrogens is 4. The van der Waals surface area contributed by atoms with Crippen LogP contribution in [0.25, 0.3) is 5.82 Å². The van der Waals surface area contributed by atoms with E-state index in [4.69, 9.17) is 4.98 Å². The predicted octanol–water partition coefficient (Wildman–Crippen LogP) is 4.72. The van der Waals surface area contributed by atoms with Gasteiger partial charge in [0.15, 0.2) is 0 Å². The molecule has 0 aromatic carbocycles. The van der Waals surface area contributed by atoms with Crippen LogP contribution in [0.2, 0.25) is 13.3 Å². The van der Waals surface area contributed by atoms with Crippen molar-refractivity contribution in [1.82, 2.24) is 19.5 Å². The molecule has 0 aliphatic carbocycles. The van der Waals surface area contributed by atoms with E-state index in [0.29, 0.717) is 0 Å². The van der Waals surface area contributed by atoms with Crippen molar-refractivity contribution in [1.29, 1.82) is 0 Å². The zero-order valence-electron chi connectivity index (χ0n) is 15.5. The molecule has 0 aliphatic rings. The van der Waals surface area contributed by atoms with Gasteiger partial charge in [0.1, 0.15) is 0 Å². The van der Waals surface area contributed by atoms with Crippen LogP contribution >= 0.6 is 0 Å². The molecule has 24 heavy (non-hydrogen) atoms. The standard InChI is InChI=1S/C7H5N4.3C4H9.Sn/c1-2-8-5-10-7(1)11-4-3-9-6-11;3*1-3-4-2;/h1,3-6H;3*1,3-4H2,2H3;. The van der Waals surface area contributed by atoms with E-state index >= 15 is 0 Å². The van der Waals surface area contributed by atoms with E-state index in [9.17, 15) is 0 Å². The van der Waals surface area contributed by atoms with Gasteiger partial charge in [0.05, 0.1) is 0 Å². The molecule has 0 amide bonds. The summed E-state index contributed by atoms with van der Waals surface area (Å²) in [6.07, 6.45) is 15.3. The molecular weight excluding hydrogens is 403 g/mol. The van der Waals surface area contributed by atoms with Gasteiger partial charge in [0.25, 0.3) is 0 Å². The molecule has 2 aromatic heterocycles. The molecule has 0 radical (unpaired) electrons. The fourth-order valence-electron chi connectivity index (χ4n) is 3.48. The van der Waals surface area contributed by atoms with Gasteiger partial charge in [-0.3, -0.25) is 0 Å². The Labute approximate surface area is 151 Å². The van der Waals surface area contributed by atoms with Crippen molar-refractivity contribution in [3.8, 4) is 5.82 Å². The van der Waals surface area contributed by atoms with Gasteiger partial charge in [0, 0.05) is 0 Å². The summed E-state index contributed by atoms with van der Waals surface area (Å²) < 4.78 is 7.74. The van der Waals surface area contributed by atoms with Crippen molar-refractivity contribution in [3.05, 3.63) is 31.1 Å². The van der Waals surface area contributed by atoms with E-state index in [1.807, 2.05) is 23.3 Å². The molecule has 2 aromatic rings. The van der Waals surface area contributed by atoms with Crippen LogP contribution in [0.5, 0.6) is 0 Å². The molecule has 2 heterocycles. The van der Waals surface area contributed by atoms with Crippen molar-refractivity contribution in [2.45, 2.75) is 72.6 Å². The van der Waals surface area contributed by atoms with E-state index in [1.165, 1.54) is 55.5 Å². The third-order valence-corrected chi connectivity index (χ3v) is 20.1. The molecular formula is C19H32N4Sn. The molecule has 2 rings (SSSR count). The molecule has 0 fully saturated rings. The van der Waals surface area contributed by atoms with Gasteiger partial charge < -0.3 is 0 Å². The summed E-state index contributed by atoms with van der Waals surface area (Å²) in [5.41, 5.74) is 0. The summed E-state index contributed by atoms with van der Waals surface area (Å²) in [6, 6.07) is 2.28. The Hall–Kier alpha value is -0.911. The summed E-state index contributed by atoms with van der Waals surface area (Å²) in [6.45, 7) is 6.94. The van der Waals surface area contributed by atoms with Crippen molar-refractivity contribution in [3.63, 3.8) is 0 Å². The Morgan fingerprint density at radius 2 is 1.54 bits per heavy atom. The molecule has 5 heteroatoms. The topological polar surface area (TPSA) is 43.6 Å². The van der Waals surface area contributed by atoms with Gasteiger partial charge in [-0.15, -0.1) is 0 Å². The Morgan fingerprint density at radius 3 is 2.04 bits per heavy atom. The van der Waals surface area contributed by atoms with E-state index in [1.54, 1.807) is 6.33 Å². The molecule has 0 saturated carbocycles. The van der Waals surface area contributed by atoms with E-state index in [2.05, 4.69) is 36.8 Å². The van der Waals surface area contributed by atoms with Gasteiger partial charge >= 0.3 is 151 Å². The molecule has 0 N–H and O–H groups in total. The molecule has 0 spiro atoms. The van der Waals surface area contributed by atoms with Gasteiger partial charge in [-0.05, 0) is 0 Å². The van der Waals surface area contributed by atoms with Gasteiger partial charge in [0.2, 0.25) is 0 Å². The molecule has 0 bridgehead atoms. The minimum absolute atomic E-state index is 0.975. The van der Waals surface area contributed by atoms with Gasteiger partial charge in [-0.1, -0.05) is 0 Å². The maximum atomic E-state index is 4.83. The van der Waals surface area contributed by atoms with Crippen LogP contribution in [0.3, 0.4) is 0 Å². The summed E-state index contributed by atoms with van der Waals surface area (Å²) in [5.74, 6) is 0.975.